The number of ether oxygens (including phenoxy) is 10. The number of fused-ring (bicyclic) bond motifs is 7. The van der Waals surface area contributed by atoms with E-state index in [2.05, 4.69) is 26.8 Å². The van der Waals surface area contributed by atoms with Crippen LogP contribution >= 0.6 is 0 Å². The Bertz CT molecular complexity index is 2470. The molecule has 16 N–H and O–H groups in total. The molecule has 10 rings (SSSR count). The van der Waals surface area contributed by atoms with Crippen molar-refractivity contribution < 1.29 is 139 Å². The molecule has 0 spiro atoms. The molecule has 5 aliphatic heterocycles. The van der Waals surface area contributed by atoms with Gasteiger partial charge in [-0.3, -0.25) is 9.59 Å². The summed E-state index contributed by atoms with van der Waals surface area (Å²) in [5, 5.41) is 176. The van der Waals surface area contributed by atoms with Gasteiger partial charge in [0.05, 0.1) is 62.2 Å². The molecule has 0 radical (unpaired) electrons. The highest BCUT2D eigenvalue weighted by molar-refractivity contribution is 5.79. The van der Waals surface area contributed by atoms with Gasteiger partial charge >= 0.3 is 11.9 Å². The SMILES string of the molecule is C[C@@H]1O[C@H](OC(=O)[C@]23CCC(C)(C)C[C@H]2C2=CC[C@@H]4[C@@]5(C)C[C@H](O)[C@H](O[C@@H]6O[C@H](CO)[C@@H](O)[C@H](O)[C@H]6O)[C@@](C)(C(=O)O)[C@@H]5CC[C@@]4(C)[C@]2(CO)CC3)[C@@H](O[C@H]2O[C@H](C)[C@@H](O[C@@H]3OC[C@@H](O)[C@H](O[C@@H]4OC[C@](O)(CO)[C@H]4O)[C@H]3O)[C@H](O)[C@@H]2O)[C@H](O)[C@@H]1O. The minimum atomic E-state index is -2.08. The zero-order valence-electron chi connectivity index (χ0n) is 49.5. The molecule has 0 unspecified atom stereocenters. The lowest BCUT2D eigenvalue weighted by Gasteiger charge is -2.71. The second-order valence-corrected chi connectivity index (χ2v) is 28.1. The smallest absolute Gasteiger partial charge is 0.315 e. The van der Waals surface area contributed by atoms with Gasteiger partial charge in [-0.1, -0.05) is 39.3 Å². The van der Waals surface area contributed by atoms with Crippen LogP contribution in [-0.2, 0) is 57.0 Å². The first-order valence-electron chi connectivity index (χ1n) is 30.2. The zero-order chi connectivity index (χ0) is 62.9. The Labute approximate surface area is 497 Å². The number of aliphatic hydroxyl groups is 15. The van der Waals surface area contributed by atoms with Gasteiger partial charge in [0, 0.05) is 5.41 Å². The quantitative estimate of drug-likeness (QED) is 0.0449. The fourth-order valence-corrected chi connectivity index (χ4v) is 17.6. The lowest BCUT2D eigenvalue weighted by atomic mass is 9.33. The van der Waals surface area contributed by atoms with E-state index in [1.54, 1.807) is 0 Å². The van der Waals surface area contributed by atoms with E-state index in [4.69, 9.17) is 47.4 Å². The number of hydrogen-bond donors (Lipinski definition) is 16. The predicted octanol–water partition coefficient (Wildman–Crippen LogP) is -3.87. The van der Waals surface area contributed by atoms with E-state index in [0.717, 1.165) is 5.57 Å². The Balaban J connectivity index is 0.872. The molecule has 5 aliphatic carbocycles. The molecule has 492 valence electrons. The topological polar surface area (TPSA) is 450 Å². The molecule has 0 amide bonds. The highest BCUT2D eigenvalue weighted by Crippen LogP contribution is 2.76. The van der Waals surface area contributed by atoms with Crippen LogP contribution < -0.4 is 0 Å². The molecule has 86 heavy (non-hydrogen) atoms. The molecule has 5 heterocycles. The average molecular weight is 1240 g/mol. The van der Waals surface area contributed by atoms with Crippen LogP contribution in [0, 0.1) is 50.2 Å². The molecule has 0 bridgehead atoms. The van der Waals surface area contributed by atoms with Gasteiger partial charge in [0.25, 0.3) is 0 Å². The molecule has 28 nitrogen and oxygen atoms in total. The van der Waals surface area contributed by atoms with Crippen LogP contribution in [0.3, 0.4) is 0 Å². The van der Waals surface area contributed by atoms with Crippen molar-refractivity contribution in [3.8, 4) is 0 Å². The molecule has 28 heteroatoms. The Morgan fingerprint density at radius 3 is 1.88 bits per heavy atom. The number of esters is 1. The van der Waals surface area contributed by atoms with E-state index in [-0.39, 0.29) is 37.2 Å². The van der Waals surface area contributed by atoms with E-state index in [9.17, 15) is 86.5 Å². The maximum Gasteiger partial charge on any atom is 0.315 e. The van der Waals surface area contributed by atoms with Crippen molar-refractivity contribution >= 4 is 11.9 Å². The predicted molar refractivity (Wildman–Crippen MR) is 285 cm³/mol. The third kappa shape index (κ3) is 10.5. The van der Waals surface area contributed by atoms with Gasteiger partial charge in [-0.25, -0.2) is 0 Å². The second-order valence-electron chi connectivity index (χ2n) is 28.1. The molecule has 0 aromatic rings. The lowest BCUT2D eigenvalue weighted by Crippen LogP contribution is -2.71. The van der Waals surface area contributed by atoms with Crippen molar-refractivity contribution in [1.82, 2.24) is 0 Å². The second kappa shape index (κ2) is 24.0. The molecule has 0 aromatic carbocycles. The number of aliphatic carboxylic acids is 1. The van der Waals surface area contributed by atoms with Gasteiger partial charge in [0.1, 0.15) is 91.1 Å². The van der Waals surface area contributed by atoms with Gasteiger partial charge in [-0.05, 0) is 113 Å². The van der Waals surface area contributed by atoms with Gasteiger partial charge in [0.15, 0.2) is 31.3 Å². The Kier molecular flexibility index (Phi) is 18.6. The summed E-state index contributed by atoms with van der Waals surface area (Å²) in [6.07, 6.45) is -32.6. The van der Waals surface area contributed by atoms with Crippen molar-refractivity contribution in [2.75, 3.05) is 33.0 Å². The molecular weight excluding hydrogens is 1140 g/mol. The summed E-state index contributed by atoms with van der Waals surface area (Å²) in [6.45, 7) is 9.67. The molecule has 0 aromatic heterocycles. The minimum absolute atomic E-state index is 0.0336. The molecule has 10 aliphatic rings. The summed E-state index contributed by atoms with van der Waals surface area (Å²) in [5.41, 5.74) is -7.23. The van der Waals surface area contributed by atoms with Crippen LogP contribution in [0.25, 0.3) is 0 Å². The number of carboxylic acids is 1. The van der Waals surface area contributed by atoms with Gasteiger partial charge < -0.3 is 129 Å². The van der Waals surface area contributed by atoms with Crippen LogP contribution in [0.5, 0.6) is 0 Å². The fourth-order valence-electron chi connectivity index (χ4n) is 17.6. The van der Waals surface area contributed by atoms with Crippen molar-refractivity contribution in [3.05, 3.63) is 11.6 Å². The monoisotopic (exact) mass is 1240 g/mol. The molecular formula is C58H92O28. The number of allylic oxidation sites excluding steroid dienone is 1. The lowest BCUT2D eigenvalue weighted by molar-refractivity contribution is -0.376. The van der Waals surface area contributed by atoms with E-state index in [0.29, 0.717) is 38.5 Å². The first-order valence-corrected chi connectivity index (χ1v) is 30.2. The van der Waals surface area contributed by atoms with Gasteiger partial charge in [0.2, 0.25) is 6.29 Å². The summed E-state index contributed by atoms with van der Waals surface area (Å²) < 4.78 is 58.9. The van der Waals surface area contributed by atoms with Crippen molar-refractivity contribution in [2.24, 2.45) is 50.2 Å². The molecule has 5 saturated heterocycles. The van der Waals surface area contributed by atoms with Gasteiger partial charge in [-0.2, -0.15) is 0 Å². The Morgan fingerprint density at radius 2 is 1.23 bits per heavy atom. The summed E-state index contributed by atoms with van der Waals surface area (Å²) in [6, 6.07) is 0. The summed E-state index contributed by atoms with van der Waals surface area (Å²) in [4.78, 5) is 29.3. The van der Waals surface area contributed by atoms with E-state index >= 15 is 4.79 Å². The summed E-state index contributed by atoms with van der Waals surface area (Å²) in [7, 11) is 0. The number of aliphatic hydroxyl groups excluding tert-OH is 14. The van der Waals surface area contributed by atoms with Crippen LogP contribution in [0.15, 0.2) is 11.6 Å². The van der Waals surface area contributed by atoms with Gasteiger partial charge in [-0.15, -0.1) is 0 Å². The van der Waals surface area contributed by atoms with Crippen LogP contribution in [0.2, 0.25) is 0 Å². The Hall–Kier alpha value is -2.28. The number of carbonyl (C=O) groups excluding carboxylic acids is 1. The Morgan fingerprint density at radius 1 is 0.605 bits per heavy atom. The maximum atomic E-state index is 15.5. The van der Waals surface area contributed by atoms with E-state index in [1.807, 2.05) is 6.92 Å². The number of rotatable bonds is 14. The van der Waals surface area contributed by atoms with Crippen LogP contribution in [0.4, 0.5) is 0 Å². The fraction of sp³-hybridized carbons (Fsp3) is 0.931. The third-order valence-corrected chi connectivity index (χ3v) is 22.8. The van der Waals surface area contributed by atoms with Crippen LogP contribution in [0.1, 0.15) is 106 Å². The van der Waals surface area contributed by atoms with E-state index in [1.165, 1.54) is 20.8 Å². The molecule has 9 fully saturated rings. The third-order valence-electron chi connectivity index (χ3n) is 22.8. The van der Waals surface area contributed by atoms with Crippen molar-refractivity contribution in [1.29, 1.82) is 0 Å². The van der Waals surface area contributed by atoms with Crippen molar-refractivity contribution in [3.63, 3.8) is 0 Å². The summed E-state index contributed by atoms with van der Waals surface area (Å²) in [5.74, 6) is -3.52. The maximum absolute atomic E-state index is 15.5. The minimum Gasteiger partial charge on any atom is -0.481 e. The van der Waals surface area contributed by atoms with Crippen LogP contribution in [-0.4, -0.2) is 274 Å². The first-order chi connectivity index (χ1) is 40.2. The molecule has 32 atom stereocenters. The first kappa shape index (κ1) is 66.6. The number of hydrogen-bond acceptors (Lipinski definition) is 27. The zero-order valence-corrected chi connectivity index (χ0v) is 49.5. The number of carbonyl (C=O) groups is 2. The normalized spacial score (nSPS) is 54.6. The highest BCUT2D eigenvalue weighted by Gasteiger charge is 2.74. The summed E-state index contributed by atoms with van der Waals surface area (Å²) >= 11 is 0. The number of carboxylic acid groups (broad SMARTS) is 1. The largest absolute Gasteiger partial charge is 0.481 e. The highest BCUT2D eigenvalue weighted by atomic mass is 16.8. The molecule has 4 saturated carbocycles. The van der Waals surface area contributed by atoms with E-state index < -0.39 is 224 Å². The standard InChI is InChI=1S/C58H92O28/c1-23-32(64)35(67)42(84-46-38(70)36(68)40(24(2)80-46)82-45-39(71)41(28(63)19-77-45)83-49-43(72)58(76,21-61)22-78-49)48(79-23)86-51(75)56-13-12-52(3,4)16-26(56)25-8-9-30-53(5)17-27(62)44(85-47-37(69)34(66)33(65)29(18-59)81-47)55(7,50(73)74)31(53)10-11-54(30,6)57(25,20-60)15-14-56/h8,23-24,26-49,59-72,76H,9-22H2,1-7H3,(H,73,74)/t23-,24+,26-,27-,28+,29+,30+,31+,32+,33+,34-,35+,36+,37+,38-,39+,40+,41-,42-,43-,44-,45-,46+,47-,48+,49-,53+,54+,55-,56-,57-,58+/m0/s1. The van der Waals surface area contributed by atoms with Crippen molar-refractivity contribution in [2.45, 2.75) is 253 Å². The average Bonchev–Trinajstić information content (AvgIpc) is 0.743.